The second-order valence-corrected chi connectivity index (χ2v) is 5.91. The van der Waals surface area contributed by atoms with Crippen LogP contribution in [-0.2, 0) is 12.0 Å². The summed E-state index contributed by atoms with van der Waals surface area (Å²) in [5.41, 5.74) is 7.10. The minimum atomic E-state index is -0.501. The molecule has 0 aromatic heterocycles. The number of hydrogen-bond acceptors (Lipinski definition) is 2. The molecule has 0 radical (unpaired) electrons. The molecular formula is C18H21FN2O. The van der Waals surface area contributed by atoms with Crippen LogP contribution in [0.1, 0.15) is 35.3 Å². The largest absolute Gasteiger partial charge is 0.351 e. The Morgan fingerprint density at radius 3 is 2.45 bits per heavy atom. The van der Waals surface area contributed by atoms with Crippen molar-refractivity contribution in [2.75, 3.05) is 6.54 Å². The fraction of sp³-hybridized carbons (Fsp3) is 0.278. The molecule has 0 fully saturated rings. The normalized spacial score (nSPS) is 11.3. The summed E-state index contributed by atoms with van der Waals surface area (Å²) in [6.45, 7) is 4.45. The molecule has 0 saturated heterocycles. The zero-order chi connectivity index (χ0) is 16.2. The third-order valence-corrected chi connectivity index (χ3v) is 3.78. The third kappa shape index (κ3) is 3.52. The molecule has 0 aliphatic rings. The van der Waals surface area contributed by atoms with Crippen LogP contribution in [0.25, 0.3) is 0 Å². The van der Waals surface area contributed by atoms with Crippen LogP contribution < -0.4 is 11.1 Å². The predicted octanol–water partition coefficient (Wildman–Crippen LogP) is 2.99. The summed E-state index contributed by atoms with van der Waals surface area (Å²) in [5, 5.41) is 2.88. The molecule has 3 N–H and O–H groups in total. The average Bonchev–Trinajstić information content (AvgIpc) is 2.53. The van der Waals surface area contributed by atoms with E-state index in [-0.39, 0.29) is 11.7 Å². The summed E-state index contributed by atoms with van der Waals surface area (Å²) in [6, 6.07) is 13.9. The van der Waals surface area contributed by atoms with Crippen molar-refractivity contribution in [3.63, 3.8) is 0 Å². The zero-order valence-corrected chi connectivity index (χ0v) is 12.9. The van der Waals surface area contributed by atoms with E-state index in [1.165, 1.54) is 6.07 Å². The van der Waals surface area contributed by atoms with Crippen LogP contribution in [0.5, 0.6) is 0 Å². The zero-order valence-electron chi connectivity index (χ0n) is 12.9. The smallest absolute Gasteiger partial charge is 0.251 e. The lowest BCUT2D eigenvalue weighted by Crippen LogP contribution is -2.37. The van der Waals surface area contributed by atoms with Crippen LogP contribution in [0, 0.1) is 5.82 Å². The van der Waals surface area contributed by atoms with Gasteiger partial charge < -0.3 is 11.1 Å². The number of nitrogens with two attached hydrogens (primary N) is 1. The average molecular weight is 300 g/mol. The standard InChI is InChI=1S/C18H21FN2O/c1-18(2,15-9-5-6-10-16(15)19)12-21-17(22)14-8-4-3-7-13(14)11-20/h3-10H,11-12,20H2,1-2H3,(H,21,22). The lowest BCUT2D eigenvalue weighted by molar-refractivity contribution is 0.0944. The number of halogens is 1. The van der Waals surface area contributed by atoms with E-state index in [9.17, 15) is 9.18 Å². The Bertz CT molecular complexity index is 668. The topological polar surface area (TPSA) is 55.1 Å². The number of carbonyl (C=O) groups is 1. The van der Waals surface area contributed by atoms with Gasteiger partial charge in [-0.1, -0.05) is 50.2 Å². The molecular weight excluding hydrogens is 279 g/mol. The van der Waals surface area contributed by atoms with Crippen LogP contribution in [0.3, 0.4) is 0 Å². The number of amides is 1. The van der Waals surface area contributed by atoms with Gasteiger partial charge in [0, 0.05) is 24.1 Å². The number of hydrogen-bond donors (Lipinski definition) is 2. The maximum atomic E-state index is 13.9. The number of rotatable bonds is 5. The Hall–Kier alpha value is -2.20. The van der Waals surface area contributed by atoms with E-state index in [1.54, 1.807) is 30.3 Å². The Kier molecular flexibility index (Phi) is 4.93. The summed E-state index contributed by atoms with van der Waals surface area (Å²) in [7, 11) is 0. The van der Waals surface area contributed by atoms with Crippen LogP contribution in [0.4, 0.5) is 4.39 Å². The van der Waals surface area contributed by atoms with Gasteiger partial charge in [-0.15, -0.1) is 0 Å². The molecule has 1 amide bonds. The molecule has 0 aliphatic carbocycles. The number of carbonyl (C=O) groups excluding carboxylic acids is 1. The predicted molar refractivity (Wildman–Crippen MR) is 86.1 cm³/mol. The Labute approximate surface area is 130 Å². The van der Waals surface area contributed by atoms with E-state index in [2.05, 4.69) is 5.32 Å². The molecule has 0 spiro atoms. The SMILES string of the molecule is CC(C)(CNC(=O)c1ccccc1CN)c1ccccc1F. The number of benzene rings is 2. The quantitative estimate of drug-likeness (QED) is 0.892. The summed E-state index contributed by atoms with van der Waals surface area (Å²) in [4.78, 5) is 12.3. The molecule has 22 heavy (non-hydrogen) atoms. The van der Waals surface area contributed by atoms with Gasteiger partial charge in [-0.05, 0) is 23.3 Å². The van der Waals surface area contributed by atoms with Gasteiger partial charge in [-0.25, -0.2) is 4.39 Å². The molecule has 0 heterocycles. The monoisotopic (exact) mass is 300 g/mol. The van der Waals surface area contributed by atoms with E-state index in [1.807, 2.05) is 26.0 Å². The minimum absolute atomic E-state index is 0.189. The Balaban J connectivity index is 2.12. The first-order valence-electron chi connectivity index (χ1n) is 7.27. The van der Waals surface area contributed by atoms with Gasteiger partial charge in [-0.2, -0.15) is 0 Å². The molecule has 4 heteroatoms. The van der Waals surface area contributed by atoms with Gasteiger partial charge in [0.05, 0.1) is 0 Å². The van der Waals surface area contributed by atoms with E-state index in [0.29, 0.717) is 24.2 Å². The van der Waals surface area contributed by atoms with Crippen molar-refractivity contribution >= 4 is 5.91 Å². The van der Waals surface area contributed by atoms with Gasteiger partial charge in [0.15, 0.2) is 0 Å². The molecule has 0 aliphatic heterocycles. The maximum absolute atomic E-state index is 13.9. The van der Waals surface area contributed by atoms with Gasteiger partial charge in [0.1, 0.15) is 5.82 Å². The second kappa shape index (κ2) is 6.71. The van der Waals surface area contributed by atoms with Gasteiger partial charge in [0.2, 0.25) is 0 Å². The first-order valence-corrected chi connectivity index (χ1v) is 7.27. The van der Waals surface area contributed by atoms with E-state index < -0.39 is 5.41 Å². The molecule has 0 saturated carbocycles. The van der Waals surface area contributed by atoms with Crippen LogP contribution in [0.15, 0.2) is 48.5 Å². The van der Waals surface area contributed by atoms with Crippen molar-refractivity contribution in [2.45, 2.75) is 25.8 Å². The van der Waals surface area contributed by atoms with Crippen molar-refractivity contribution in [1.29, 1.82) is 0 Å². The molecule has 2 aromatic carbocycles. The maximum Gasteiger partial charge on any atom is 0.251 e. The van der Waals surface area contributed by atoms with Gasteiger partial charge in [0.25, 0.3) is 5.91 Å². The summed E-state index contributed by atoms with van der Waals surface area (Å²) >= 11 is 0. The van der Waals surface area contributed by atoms with Crippen molar-refractivity contribution < 1.29 is 9.18 Å². The van der Waals surface area contributed by atoms with Crippen LogP contribution in [0.2, 0.25) is 0 Å². The Morgan fingerprint density at radius 2 is 1.77 bits per heavy atom. The molecule has 3 nitrogen and oxygen atoms in total. The first kappa shape index (κ1) is 16.2. The van der Waals surface area contributed by atoms with Gasteiger partial charge >= 0.3 is 0 Å². The Morgan fingerprint density at radius 1 is 1.14 bits per heavy atom. The minimum Gasteiger partial charge on any atom is -0.351 e. The van der Waals surface area contributed by atoms with Crippen molar-refractivity contribution in [3.05, 3.63) is 71.0 Å². The van der Waals surface area contributed by atoms with Crippen LogP contribution in [-0.4, -0.2) is 12.5 Å². The molecule has 116 valence electrons. The van der Waals surface area contributed by atoms with Crippen molar-refractivity contribution in [1.82, 2.24) is 5.32 Å². The third-order valence-electron chi connectivity index (χ3n) is 3.78. The van der Waals surface area contributed by atoms with E-state index in [0.717, 1.165) is 5.56 Å². The highest BCUT2D eigenvalue weighted by Gasteiger charge is 2.25. The summed E-state index contributed by atoms with van der Waals surface area (Å²) in [5.74, 6) is -0.449. The summed E-state index contributed by atoms with van der Waals surface area (Å²) in [6.07, 6.45) is 0. The lowest BCUT2D eigenvalue weighted by atomic mass is 9.84. The number of nitrogens with one attached hydrogen (secondary N) is 1. The van der Waals surface area contributed by atoms with Crippen LogP contribution >= 0.6 is 0 Å². The molecule has 2 aromatic rings. The first-order chi connectivity index (χ1) is 10.5. The lowest BCUT2D eigenvalue weighted by Gasteiger charge is -2.26. The van der Waals surface area contributed by atoms with Gasteiger partial charge in [-0.3, -0.25) is 4.79 Å². The highest BCUT2D eigenvalue weighted by molar-refractivity contribution is 5.95. The fourth-order valence-corrected chi connectivity index (χ4v) is 2.42. The molecule has 2 rings (SSSR count). The van der Waals surface area contributed by atoms with E-state index in [4.69, 9.17) is 5.73 Å². The fourth-order valence-electron chi connectivity index (χ4n) is 2.42. The summed E-state index contributed by atoms with van der Waals surface area (Å²) < 4.78 is 13.9. The molecule has 0 bridgehead atoms. The second-order valence-electron chi connectivity index (χ2n) is 5.91. The van der Waals surface area contributed by atoms with Crippen molar-refractivity contribution in [3.8, 4) is 0 Å². The van der Waals surface area contributed by atoms with Crippen molar-refractivity contribution in [2.24, 2.45) is 5.73 Å². The molecule has 0 unspecified atom stereocenters. The molecule has 0 atom stereocenters. The highest BCUT2D eigenvalue weighted by atomic mass is 19.1. The highest BCUT2D eigenvalue weighted by Crippen LogP contribution is 2.25. The van der Waals surface area contributed by atoms with E-state index >= 15 is 0 Å².